The minimum atomic E-state index is 0.925. The summed E-state index contributed by atoms with van der Waals surface area (Å²) < 4.78 is 2.32. The number of rotatable bonds is 2. The lowest BCUT2D eigenvalue weighted by Crippen LogP contribution is -2.37. The molecular weight excluding hydrogens is 230 g/mol. The summed E-state index contributed by atoms with van der Waals surface area (Å²) in [4.78, 5) is 0. The maximum atomic E-state index is 2.32. The molecule has 0 aliphatic heterocycles. The first kappa shape index (κ1) is 11.9. The van der Waals surface area contributed by atoms with Crippen LogP contribution in [0.1, 0.15) is 16.8 Å². The van der Waals surface area contributed by atoms with Gasteiger partial charge in [-0.1, -0.05) is 42.5 Å². The van der Waals surface area contributed by atoms with Gasteiger partial charge in [-0.15, -0.1) is 0 Å². The van der Waals surface area contributed by atoms with Crippen molar-refractivity contribution in [1.29, 1.82) is 0 Å². The Morgan fingerprint density at radius 3 is 2.53 bits per heavy atom. The number of fused-ring (bicyclic) bond motifs is 1. The molecule has 0 radical (unpaired) electrons. The van der Waals surface area contributed by atoms with Gasteiger partial charge in [-0.3, -0.25) is 0 Å². The van der Waals surface area contributed by atoms with Crippen LogP contribution >= 0.6 is 0 Å². The monoisotopic (exact) mass is 248 g/mol. The van der Waals surface area contributed by atoms with Crippen LogP contribution in [0.25, 0.3) is 10.8 Å². The van der Waals surface area contributed by atoms with E-state index in [0.717, 1.165) is 6.54 Å². The Kier molecular flexibility index (Phi) is 3.04. The third-order valence-corrected chi connectivity index (χ3v) is 3.83. The molecule has 0 atom stereocenters. The van der Waals surface area contributed by atoms with Crippen molar-refractivity contribution in [3.8, 4) is 0 Å². The predicted octanol–water partition coefficient (Wildman–Crippen LogP) is 3.79. The number of hydrogen-bond donors (Lipinski definition) is 0. The van der Waals surface area contributed by atoms with Crippen molar-refractivity contribution in [2.75, 3.05) is 0 Å². The topological polar surface area (TPSA) is 3.88 Å². The molecule has 0 spiro atoms. The molecule has 0 aliphatic carbocycles. The molecule has 0 aliphatic rings. The molecule has 0 bridgehead atoms. The largest absolute Gasteiger partial charge is 0.198 e. The van der Waals surface area contributed by atoms with Gasteiger partial charge >= 0.3 is 0 Å². The van der Waals surface area contributed by atoms with Crippen LogP contribution in [0.15, 0.2) is 60.8 Å². The molecule has 1 heterocycles. The fraction of sp³-hybridized carbons (Fsp3) is 0.167. The number of aromatic nitrogens is 1. The molecule has 0 N–H and O–H groups in total. The van der Waals surface area contributed by atoms with E-state index in [1.807, 2.05) is 0 Å². The lowest BCUT2D eigenvalue weighted by Gasteiger charge is -2.06. The zero-order valence-corrected chi connectivity index (χ0v) is 11.4. The van der Waals surface area contributed by atoms with Crippen LogP contribution in [-0.2, 0) is 6.54 Å². The van der Waals surface area contributed by atoms with E-state index in [2.05, 4.69) is 79.2 Å². The van der Waals surface area contributed by atoms with E-state index in [0.29, 0.717) is 0 Å². The summed E-state index contributed by atoms with van der Waals surface area (Å²) in [5, 5.41) is 2.66. The maximum Gasteiger partial charge on any atom is 0.181 e. The molecule has 0 saturated carbocycles. The second-order valence-corrected chi connectivity index (χ2v) is 5.04. The van der Waals surface area contributed by atoms with E-state index in [-0.39, 0.29) is 0 Å². The highest BCUT2D eigenvalue weighted by Gasteiger charge is 2.10. The standard InChI is InChI=1S/C18H18N/c1-14-7-6-12-19(15(14)2)13-17-10-5-9-16-8-3-4-11-18(16)17/h3-12H,13H2,1-2H3/q+1. The highest BCUT2D eigenvalue weighted by atomic mass is 14.9. The summed E-state index contributed by atoms with van der Waals surface area (Å²) in [7, 11) is 0. The molecule has 3 aromatic rings. The molecule has 2 aromatic carbocycles. The van der Waals surface area contributed by atoms with Crippen LogP contribution in [-0.4, -0.2) is 0 Å². The average molecular weight is 248 g/mol. The number of benzene rings is 2. The van der Waals surface area contributed by atoms with Crippen molar-refractivity contribution in [2.45, 2.75) is 20.4 Å². The first-order chi connectivity index (χ1) is 9.25. The molecule has 0 unspecified atom stereocenters. The van der Waals surface area contributed by atoms with Gasteiger partial charge < -0.3 is 0 Å². The molecule has 3 rings (SSSR count). The van der Waals surface area contributed by atoms with E-state index >= 15 is 0 Å². The normalized spacial score (nSPS) is 10.8. The predicted molar refractivity (Wildman–Crippen MR) is 79.2 cm³/mol. The Hall–Kier alpha value is -2.15. The maximum absolute atomic E-state index is 2.32. The fourth-order valence-corrected chi connectivity index (χ4v) is 2.54. The SMILES string of the molecule is Cc1ccc[n+](Cc2cccc3ccccc23)c1C. The minimum Gasteiger partial charge on any atom is -0.198 e. The Bertz CT molecular complexity index is 723. The van der Waals surface area contributed by atoms with E-state index in [4.69, 9.17) is 0 Å². The van der Waals surface area contributed by atoms with Gasteiger partial charge in [0.2, 0.25) is 0 Å². The molecule has 0 amide bonds. The third-order valence-electron chi connectivity index (χ3n) is 3.83. The van der Waals surface area contributed by atoms with E-state index in [9.17, 15) is 0 Å². The minimum absolute atomic E-state index is 0.925. The van der Waals surface area contributed by atoms with Crippen molar-refractivity contribution < 1.29 is 4.57 Å². The second-order valence-electron chi connectivity index (χ2n) is 5.04. The zero-order valence-electron chi connectivity index (χ0n) is 11.4. The van der Waals surface area contributed by atoms with Crippen LogP contribution in [0.4, 0.5) is 0 Å². The number of nitrogens with zero attached hydrogens (tertiary/aromatic N) is 1. The highest BCUT2D eigenvalue weighted by Crippen LogP contribution is 2.18. The van der Waals surface area contributed by atoms with Crippen LogP contribution in [0.2, 0.25) is 0 Å². The van der Waals surface area contributed by atoms with Gasteiger partial charge in [0.25, 0.3) is 0 Å². The van der Waals surface area contributed by atoms with Gasteiger partial charge in [0.15, 0.2) is 18.4 Å². The Balaban J connectivity index is 2.09. The quantitative estimate of drug-likeness (QED) is 0.607. The van der Waals surface area contributed by atoms with Crippen LogP contribution in [0.5, 0.6) is 0 Å². The Morgan fingerprint density at radius 1 is 0.842 bits per heavy atom. The number of hydrogen-bond acceptors (Lipinski definition) is 0. The molecule has 94 valence electrons. The molecular formula is C18H18N+. The van der Waals surface area contributed by atoms with Gasteiger partial charge in [-0.05, 0) is 23.8 Å². The molecule has 1 nitrogen and oxygen atoms in total. The molecule has 0 fully saturated rings. The lowest BCUT2D eigenvalue weighted by molar-refractivity contribution is -0.694. The molecule has 0 saturated heterocycles. The first-order valence-corrected chi connectivity index (χ1v) is 6.68. The number of aryl methyl sites for hydroxylation is 1. The summed E-state index contributed by atoms with van der Waals surface area (Å²) in [5.41, 5.74) is 4.04. The van der Waals surface area contributed by atoms with Crippen LogP contribution in [0, 0.1) is 13.8 Å². The lowest BCUT2D eigenvalue weighted by atomic mass is 10.0. The average Bonchev–Trinajstić information content (AvgIpc) is 2.44. The molecule has 1 aromatic heterocycles. The van der Waals surface area contributed by atoms with Gasteiger partial charge in [-0.2, -0.15) is 4.57 Å². The Labute approximate surface area is 114 Å². The van der Waals surface area contributed by atoms with E-state index in [1.54, 1.807) is 0 Å². The van der Waals surface area contributed by atoms with Gasteiger partial charge in [0.05, 0.1) is 0 Å². The summed E-state index contributed by atoms with van der Waals surface area (Å²) in [6.07, 6.45) is 2.16. The van der Waals surface area contributed by atoms with Crippen molar-refractivity contribution in [1.82, 2.24) is 0 Å². The molecule has 1 heteroatoms. The third kappa shape index (κ3) is 2.24. The van der Waals surface area contributed by atoms with Gasteiger partial charge in [0, 0.05) is 24.1 Å². The summed E-state index contributed by atoms with van der Waals surface area (Å²) in [6, 6.07) is 19.4. The summed E-state index contributed by atoms with van der Waals surface area (Å²) >= 11 is 0. The smallest absolute Gasteiger partial charge is 0.181 e. The Morgan fingerprint density at radius 2 is 1.63 bits per heavy atom. The zero-order chi connectivity index (χ0) is 13.2. The van der Waals surface area contributed by atoms with Crippen molar-refractivity contribution in [3.63, 3.8) is 0 Å². The van der Waals surface area contributed by atoms with Gasteiger partial charge in [-0.25, -0.2) is 0 Å². The highest BCUT2D eigenvalue weighted by molar-refractivity contribution is 5.85. The molecule has 19 heavy (non-hydrogen) atoms. The fourth-order valence-electron chi connectivity index (χ4n) is 2.54. The van der Waals surface area contributed by atoms with Crippen LogP contribution < -0.4 is 4.57 Å². The summed E-state index contributed by atoms with van der Waals surface area (Å²) in [6.45, 7) is 5.27. The second kappa shape index (κ2) is 4.85. The first-order valence-electron chi connectivity index (χ1n) is 6.68. The van der Waals surface area contributed by atoms with E-state index in [1.165, 1.54) is 27.6 Å². The van der Waals surface area contributed by atoms with Crippen molar-refractivity contribution in [3.05, 3.63) is 77.6 Å². The van der Waals surface area contributed by atoms with Crippen molar-refractivity contribution >= 4 is 10.8 Å². The van der Waals surface area contributed by atoms with Crippen LogP contribution in [0.3, 0.4) is 0 Å². The number of pyridine rings is 1. The van der Waals surface area contributed by atoms with Crippen molar-refractivity contribution in [2.24, 2.45) is 0 Å². The summed E-state index contributed by atoms with van der Waals surface area (Å²) in [5.74, 6) is 0. The van der Waals surface area contributed by atoms with E-state index < -0.39 is 0 Å². The van der Waals surface area contributed by atoms with Gasteiger partial charge in [0.1, 0.15) is 0 Å².